The zero-order valence-electron chi connectivity index (χ0n) is 10.1. The zero-order chi connectivity index (χ0) is 13.7. The molecule has 0 saturated carbocycles. The van der Waals surface area contributed by atoms with Crippen molar-refractivity contribution in [3.05, 3.63) is 40.5 Å². The van der Waals surface area contributed by atoms with Crippen LogP contribution in [-0.2, 0) is 10.5 Å². The van der Waals surface area contributed by atoms with Gasteiger partial charge in [-0.1, -0.05) is 21.1 Å². The highest BCUT2D eigenvalue weighted by Gasteiger charge is 2.15. The molecule has 0 aliphatic rings. The minimum atomic E-state index is -0.588. The van der Waals surface area contributed by atoms with E-state index in [1.165, 1.54) is 0 Å². The van der Waals surface area contributed by atoms with Crippen LogP contribution in [0.15, 0.2) is 38.2 Å². The van der Waals surface area contributed by atoms with Crippen molar-refractivity contribution in [2.45, 2.75) is 17.6 Å². The molecule has 2 aromatic rings. The van der Waals surface area contributed by atoms with Crippen LogP contribution in [0.4, 0.5) is 0 Å². The van der Waals surface area contributed by atoms with E-state index in [0.717, 1.165) is 9.37 Å². The van der Waals surface area contributed by atoms with Gasteiger partial charge in [0, 0.05) is 9.37 Å². The molecule has 0 aliphatic heterocycles. The van der Waals surface area contributed by atoms with Crippen molar-refractivity contribution in [1.82, 2.24) is 10.1 Å². The van der Waals surface area contributed by atoms with E-state index in [4.69, 9.17) is 9.26 Å². The van der Waals surface area contributed by atoms with Crippen LogP contribution in [0.5, 0.6) is 0 Å². The summed E-state index contributed by atoms with van der Waals surface area (Å²) in [5.41, 5.74) is 0. The van der Waals surface area contributed by atoms with E-state index in [1.807, 2.05) is 24.3 Å². The summed E-state index contributed by atoms with van der Waals surface area (Å²) in [6.45, 7) is 2.00. The Morgan fingerprint density at radius 3 is 2.84 bits per heavy atom. The predicted molar refractivity (Wildman–Crippen MR) is 74.0 cm³/mol. The smallest absolute Gasteiger partial charge is 0.397 e. The molecule has 0 aliphatic carbocycles. The molecular formula is C12H11BrN2O3S. The van der Waals surface area contributed by atoms with Crippen LogP contribution in [0.25, 0.3) is 0 Å². The lowest BCUT2D eigenvalue weighted by molar-refractivity contribution is 0.0470. The summed E-state index contributed by atoms with van der Waals surface area (Å²) in [6.07, 6.45) is 0. The van der Waals surface area contributed by atoms with Crippen molar-refractivity contribution in [1.29, 1.82) is 0 Å². The summed E-state index contributed by atoms with van der Waals surface area (Å²) in [6, 6.07) is 7.90. The van der Waals surface area contributed by atoms with Gasteiger partial charge in [0.2, 0.25) is 0 Å². The Labute approximate surface area is 122 Å². The Morgan fingerprint density at radius 2 is 2.16 bits per heavy atom. The number of carbonyl (C=O) groups is 1. The molecule has 0 saturated heterocycles. The van der Waals surface area contributed by atoms with Crippen molar-refractivity contribution >= 4 is 33.7 Å². The number of ether oxygens (including phenoxy) is 1. The Bertz CT molecular complexity index is 556. The summed E-state index contributed by atoms with van der Waals surface area (Å²) in [5, 5.41) is 3.74. The molecule has 19 heavy (non-hydrogen) atoms. The summed E-state index contributed by atoms with van der Waals surface area (Å²) >= 11 is 4.94. The number of rotatable bonds is 5. The van der Waals surface area contributed by atoms with Gasteiger partial charge in [-0.15, -0.1) is 11.8 Å². The number of nitrogens with zero attached hydrogens (tertiary/aromatic N) is 2. The summed E-state index contributed by atoms with van der Waals surface area (Å²) < 4.78 is 10.6. The summed E-state index contributed by atoms with van der Waals surface area (Å²) in [5.74, 6) is 0.309. The Morgan fingerprint density at radius 1 is 1.42 bits per heavy atom. The van der Waals surface area contributed by atoms with Crippen molar-refractivity contribution in [2.24, 2.45) is 0 Å². The minimum absolute atomic E-state index is 0.103. The molecule has 7 heteroatoms. The molecule has 0 amide bonds. The fourth-order valence-electron chi connectivity index (χ4n) is 1.27. The van der Waals surface area contributed by atoms with Gasteiger partial charge in [0.05, 0.1) is 12.4 Å². The van der Waals surface area contributed by atoms with Crippen molar-refractivity contribution in [3.8, 4) is 0 Å². The molecule has 1 heterocycles. The number of benzene rings is 1. The summed E-state index contributed by atoms with van der Waals surface area (Å²) in [4.78, 5) is 16.4. The number of esters is 1. The number of hydrogen-bond donors (Lipinski definition) is 0. The van der Waals surface area contributed by atoms with E-state index in [9.17, 15) is 4.79 Å². The van der Waals surface area contributed by atoms with Crippen molar-refractivity contribution in [3.63, 3.8) is 0 Å². The first kappa shape index (κ1) is 14.1. The fourth-order valence-corrected chi connectivity index (χ4v) is 2.27. The molecule has 0 spiro atoms. The quantitative estimate of drug-likeness (QED) is 0.613. The molecule has 1 aromatic carbocycles. The number of aromatic nitrogens is 2. The molecular weight excluding hydrogens is 332 g/mol. The van der Waals surface area contributed by atoms with E-state index in [1.54, 1.807) is 18.7 Å². The molecule has 5 nitrogen and oxygen atoms in total. The Balaban J connectivity index is 1.93. The van der Waals surface area contributed by atoms with Crippen LogP contribution in [0.2, 0.25) is 0 Å². The highest BCUT2D eigenvalue weighted by molar-refractivity contribution is 9.10. The first-order valence-electron chi connectivity index (χ1n) is 5.57. The SMILES string of the molecule is CCOC(=O)c1nc(CSc2ccc(Br)cc2)no1. The molecule has 0 fully saturated rings. The van der Waals surface area contributed by atoms with Gasteiger partial charge < -0.3 is 9.26 Å². The van der Waals surface area contributed by atoms with Crippen LogP contribution < -0.4 is 0 Å². The Hall–Kier alpha value is -1.34. The average molecular weight is 343 g/mol. The molecule has 1 aromatic heterocycles. The highest BCUT2D eigenvalue weighted by Crippen LogP contribution is 2.23. The first-order valence-corrected chi connectivity index (χ1v) is 7.35. The lowest BCUT2D eigenvalue weighted by Gasteiger charge is -1.98. The monoisotopic (exact) mass is 342 g/mol. The van der Waals surface area contributed by atoms with E-state index >= 15 is 0 Å². The third-order valence-corrected chi connectivity index (χ3v) is 3.64. The minimum Gasteiger partial charge on any atom is -0.459 e. The normalized spacial score (nSPS) is 10.4. The van der Waals surface area contributed by atoms with E-state index in [0.29, 0.717) is 11.6 Å². The lowest BCUT2D eigenvalue weighted by atomic mass is 10.4. The van der Waals surface area contributed by atoms with Crippen LogP contribution in [0.3, 0.4) is 0 Å². The maximum absolute atomic E-state index is 11.3. The summed E-state index contributed by atoms with van der Waals surface area (Å²) in [7, 11) is 0. The van der Waals surface area contributed by atoms with Gasteiger partial charge in [0.15, 0.2) is 5.82 Å². The van der Waals surface area contributed by atoms with Crippen molar-refractivity contribution in [2.75, 3.05) is 6.61 Å². The topological polar surface area (TPSA) is 65.2 Å². The number of hydrogen-bond acceptors (Lipinski definition) is 6. The van der Waals surface area contributed by atoms with Gasteiger partial charge in [-0.2, -0.15) is 4.98 Å². The van der Waals surface area contributed by atoms with Gasteiger partial charge >= 0.3 is 11.9 Å². The molecule has 0 radical (unpaired) electrons. The number of halogens is 1. The fraction of sp³-hybridized carbons (Fsp3) is 0.250. The van der Waals surface area contributed by atoms with Gasteiger partial charge in [-0.05, 0) is 31.2 Å². The molecule has 0 unspecified atom stereocenters. The largest absolute Gasteiger partial charge is 0.459 e. The second kappa shape index (κ2) is 6.72. The van der Waals surface area contributed by atoms with Gasteiger partial charge in [-0.3, -0.25) is 0 Å². The molecule has 0 atom stereocenters. The lowest BCUT2D eigenvalue weighted by Crippen LogP contribution is -2.04. The standard InChI is InChI=1S/C12H11BrN2O3S/c1-2-17-12(16)11-14-10(15-18-11)7-19-9-5-3-8(13)4-6-9/h3-6H,2,7H2,1H3. The first-order chi connectivity index (χ1) is 9.19. The van der Waals surface area contributed by atoms with Gasteiger partial charge in [-0.25, -0.2) is 4.79 Å². The maximum atomic E-state index is 11.3. The van der Waals surface area contributed by atoms with E-state index < -0.39 is 5.97 Å². The number of thioether (sulfide) groups is 1. The van der Waals surface area contributed by atoms with Crippen LogP contribution in [-0.4, -0.2) is 22.7 Å². The van der Waals surface area contributed by atoms with Crippen molar-refractivity contribution < 1.29 is 14.1 Å². The molecule has 0 bridgehead atoms. The van der Waals surface area contributed by atoms with E-state index in [-0.39, 0.29) is 12.5 Å². The zero-order valence-corrected chi connectivity index (χ0v) is 12.5. The maximum Gasteiger partial charge on any atom is 0.397 e. The molecule has 2 rings (SSSR count). The van der Waals surface area contributed by atoms with E-state index in [2.05, 4.69) is 26.1 Å². The van der Waals surface area contributed by atoms with Crippen LogP contribution >= 0.6 is 27.7 Å². The van der Waals surface area contributed by atoms with Gasteiger partial charge in [0.25, 0.3) is 0 Å². The second-order valence-electron chi connectivity index (χ2n) is 3.48. The Kier molecular flexibility index (Phi) is 4.98. The second-order valence-corrected chi connectivity index (χ2v) is 5.44. The number of carbonyl (C=O) groups excluding carboxylic acids is 1. The van der Waals surface area contributed by atoms with Gasteiger partial charge in [0.1, 0.15) is 0 Å². The molecule has 0 N–H and O–H groups in total. The third kappa shape index (κ3) is 4.07. The highest BCUT2D eigenvalue weighted by atomic mass is 79.9. The molecule has 100 valence electrons. The third-order valence-electron chi connectivity index (χ3n) is 2.10. The van der Waals surface area contributed by atoms with Crippen LogP contribution in [0, 0.1) is 0 Å². The average Bonchev–Trinajstić information content (AvgIpc) is 2.87. The van der Waals surface area contributed by atoms with Crippen LogP contribution in [0.1, 0.15) is 23.4 Å². The predicted octanol–water partition coefficient (Wildman–Crippen LogP) is 3.30.